The molecule has 1 aromatic rings. The number of thioether (sulfide) groups is 1. The van der Waals surface area contributed by atoms with E-state index in [0.717, 1.165) is 24.1 Å². The van der Waals surface area contributed by atoms with Crippen LogP contribution in [0.4, 0.5) is 5.82 Å². The molecule has 1 aliphatic rings. The lowest BCUT2D eigenvalue weighted by Gasteiger charge is -2.33. The summed E-state index contributed by atoms with van der Waals surface area (Å²) in [6.07, 6.45) is 4.37. The maximum Gasteiger partial charge on any atom is 0.190 e. The van der Waals surface area contributed by atoms with Gasteiger partial charge in [0.2, 0.25) is 0 Å². The van der Waals surface area contributed by atoms with Crippen LogP contribution in [0.25, 0.3) is 0 Å². The molecule has 0 spiro atoms. The van der Waals surface area contributed by atoms with Crippen LogP contribution in [0.15, 0.2) is 11.2 Å². The van der Waals surface area contributed by atoms with Gasteiger partial charge >= 0.3 is 0 Å². The molecule has 4 nitrogen and oxygen atoms in total. The number of nitrogens with zero attached hydrogens (tertiary/aromatic N) is 3. The fraction of sp³-hybridized carbons (Fsp3) is 0.636. The fourth-order valence-electron chi connectivity index (χ4n) is 2.06. The van der Waals surface area contributed by atoms with Crippen molar-refractivity contribution in [1.29, 1.82) is 0 Å². The van der Waals surface area contributed by atoms with E-state index < -0.39 is 0 Å². The summed E-state index contributed by atoms with van der Waals surface area (Å²) < 4.78 is 0. The Morgan fingerprint density at radius 1 is 1.53 bits per heavy atom. The van der Waals surface area contributed by atoms with Crippen molar-refractivity contribution in [1.82, 2.24) is 15.3 Å². The molecule has 2 heterocycles. The lowest BCUT2D eigenvalue weighted by atomic mass is 10.1. The van der Waals surface area contributed by atoms with Crippen LogP contribution in [0.1, 0.15) is 12.8 Å². The van der Waals surface area contributed by atoms with Crippen molar-refractivity contribution in [2.24, 2.45) is 0 Å². The van der Waals surface area contributed by atoms with Gasteiger partial charge in [0.05, 0.1) is 0 Å². The number of likely N-dealkylation sites (N-methyl/N-ethyl adjacent to an activating group) is 1. The maximum absolute atomic E-state index is 6.01. The summed E-state index contributed by atoms with van der Waals surface area (Å²) in [6.45, 7) is 2.02. The van der Waals surface area contributed by atoms with Gasteiger partial charge in [-0.15, -0.1) is 0 Å². The molecule has 0 saturated carbocycles. The van der Waals surface area contributed by atoms with Gasteiger partial charge in [-0.25, -0.2) is 9.97 Å². The Labute approximate surface area is 111 Å². The van der Waals surface area contributed by atoms with Crippen molar-refractivity contribution in [3.05, 3.63) is 11.2 Å². The number of halogens is 1. The summed E-state index contributed by atoms with van der Waals surface area (Å²) >= 11 is 7.53. The standard InChI is InChI=1S/C11H17ClN4S/c1-13-8-4-3-5-16(7-8)10-6-9(12)14-11(15-10)17-2/h6,8,13H,3-5,7H2,1-2H3/t8-/m0/s1. The SMILES string of the molecule is CN[C@H]1CCCN(c2cc(Cl)nc(SC)n2)C1. The van der Waals surface area contributed by atoms with Crippen molar-refractivity contribution in [3.8, 4) is 0 Å². The summed E-state index contributed by atoms with van der Waals surface area (Å²) in [5.74, 6) is 0.939. The van der Waals surface area contributed by atoms with E-state index in [0.29, 0.717) is 11.2 Å². The van der Waals surface area contributed by atoms with Crippen LogP contribution in [0, 0.1) is 0 Å². The lowest BCUT2D eigenvalue weighted by molar-refractivity contribution is 0.447. The van der Waals surface area contributed by atoms with Crippen molar-refractivity contribution in [3.63, 3.8) is 0 Å². The van der Waals surface area contributed by atoms with Crippen LogP contribution in [0.3, 0.4) is 0 Å². The molecule has 0 amide bonds. The van der Waals surface area contributed by atoms with Crippen molar-refractivity contribution in [2.45, 2.75) is 24.0 Å². The van der Waals surface area contributed by atoms with Crippen LogP contribution >= 0.6 is 23.4 Å². The molecule has 0 aliphatic carbocycles. The minimum atomic E-state index is 0.519. The summed E-state index contributed by atoms with van der Waals surface area (Å²) in [4.78, 5) is 10.9. The maximum atomic E-state index is 6.01. The third kappa shape index (κ3) is 3.24. The third-order valence-electron chi connectivity index (χ3n) is 3.00. The number of hydrogen-bond donors (Lipinski definition) is 1. The van der Waals surface area contributed by atoms with E-state index >= 15 is 0 Å². The van der Waals surface area contributed by atoms with E-state index in [-0.39, 0.29) is 0 Å². The second-order valence-corrected chi connectivity index (χ2v) is 5.27. The third-order valence-corrected chi connectivity index (χ3v) is 3.74. The Bertz CT molecular complexity index is 388. The average Bonchev–Trinajstić information content (AvgIpc) is 2.38. The van der Waals surface area contributed by atoms with Gasteiger partial charge in [0.25, 0.3) is 0 Å². The van der Waals surface area contributed by atoms with Crippen molar-refractivity contribution >= 4 is 29.2 Å². The molecule has 1 fully saturated rings. The predicted octanol–water partition coefficient (Wildman–Crippen LogP) is 2.04. The molecule has 0 radical (unpaired) electrons. The van der Waals surface area contributed by atoms with Crippen LogP contribution < -0.4 is 10.2 Å². The molecule has 1 N–H and O–H groups in total. The van der Waals surface area contributed by atoms with Gasteiger partial charge in [-0.05, 0) is 26.1 Å². The highest BCUT2D eigenvalue weighted by molar-refractivity contribution is 7.98. The Balaban J connectivity index is 2.18. The van der Waals surface area contributed by atoms with E-state index in [9.17, 15) is 0 Å². The minimum Gasteiger partial charge on any atom is -0.355 e. The Hall–Kier alpha value is -0.520. The second-order valence-electron chi connectivity index (χ2n) is 4.11. The number of anilines is 1. The molecule has 0 bridgehead atoms. The molecule has 2 rings (SSSR count). The molecule has 1 saturated heterocycles. The monoisotopic (exact) mass is 272 g/mol. The van der Waals surface area contributed by atoms with Gasteiger partial charge in [-0.3, -0.25) is 0 Å². The molecule has 0 unspecified atom stereocenters. The van der Waals surface area contributed by atoms with Crippen LogP contribution in [-0.2, 0) is 0 Å². The summed E-state index contributed by atoms with van der Waals surface area (Å²) in [5.41, 5.74) is 0. The van der Waals surface area contributed by atoms with Crippen molar-refractivity contribution < 1.29 is 0 Å². The molecular weight excluding hydrogens is 256 g/mol. The highest BCUT2D eigenvalue weighted by atomic mass is 35.5. The van der Waals surface area contributed by atoms with Crippen LogP contribution in [0.2, 0.25) is 5.15 Å². The number of hydrogen-bond acceptors (Lipinski definition) is 5. The van der Waals surface area contributed by atoms with E-state index in [1.807, 2.05) is 19.4 Å². The van der Waals surface area contributed by atoms with E-state index in [4.69, 9.17) is 11.6 Å². The molecule has 1 aromatic heterocycles. The van der Waals surface area contributed by atoms with Gasteiger partial charge in [-0.2, -0.15) is 0 Å². The first-order valence-corrected chi connectivity index (χ1v) is 7.34. The molecule has 6 heteroatoms. The Morgan fingerprint density at radius 2 is 2.35 bits per heavy atom. The lowest BCUT2D eigenvalue weighted by Crippen LogP contribution is -2.44. The van der Waals surface area contributed by atoms with E-state index in [1.165, 1.54) is 24.6 Å². The topological polar surface area (TPSA) is 41.0 Å². The molecule has 94 valence electrons. The highest BCUT2D eigenvalue weighted by Crippen LogP contribution is 2.23. The largest absolute Gasteiger partial charge is 0.355 e. The highest BCUT2D eigenvalue weighted by Gasteiger charge is 2.20. The van der Waals surface area contributed by atoms with Crippen LogP contribution in [-0.4, -0.2) is 42.4 Å². The summed E-state index contributed by atoms with van der Waals surface area (Å²) in [6, 6.07) is 2.38. The minimum absolute atomic E-state index is 0.519. The second kappa shape index (κ2) is 5.89. The Morgan fingerprint density at radius 3 is 3.06 bits per heavy atom. The number of aromatic nitrogens is 2. The summed E-state index contributed by atoms with van der Waals surface area (Å²) in [5, 5.41) is 4.58. The van der Waals surface area contributed by atoms with Crippen molar-refractivity contribution in [2.75, 3.05) is 31.3 Å². The van der Waals surface area contributed by atoms with E-state index in [2.05, 4.69) is 20.2 Å². The number of rotatable bonds is 3. The smallest absolute Gasteiger partial charge is 0.190 e. The van der Waals surface area contributed by atoms with E-state index in [1.54, 1.807) is 0 Å². The predicted molar refractivity (Wildman–Crippen MR) is 73.1 cm³/mol. The van der Waals surface area contributed by atoms with Gasteiger partial charge in [0.15, 0.2) is 5.16 Å². The zero-order valence-corrected chi connectivity index (χ0v) is 11.7. The first-order valence-electron chi connectivity index (χ1n) is 5.73. The zero-order valence-electron chi connectivity index (χ0n) is 10.1. The first kappa shape index (κ1) is 12.9. The van der Waals surface area contributed by atoms with Gasteiger partial charge in [0, 0.05) is 25.2 Å². The molecule has 17 heavy (non-hydrogen) atoms. The first-order chi connectivity index (χ1) is 8.22. The number of nitrogens with one attached hydrogen (secondary N) is 1. The normalized spacial score (nSPS) is 20.6. The van der Waals surface area contributed by atoms with Gasteiger partial charge in [0.1, 0.15) is 11.0 Å². The Kier molecular flexibility index (Phi) is 4.48. The molecule has 0 aromatic carbocycles. The quantitative estimate of drug-likeness (QED) is 0.518. The molecule has 1 atom stereocenters. The van der Waals surface area contributed by atoms with Crippen LogP contribution in [0.5, 0.6) is 0 Å². The van der Waals surface area contributed by atoms with Gasteiger partial charge < -0.3 is 10.2 Å². The fourth-order valence-corrected chi connectivity index (χ4v) is 2.66. The molecule has 1 aliphatic heterocycles. The number of piperidine rings is 1. The van der Waals surface area contributed by atoms with Gasteiger partial charge in [-0.1, -0.05) is 23.4 Å². The molecular formula is C11H17ClN4S. The average molecular weight is 273 g/mol. The summed E-state index contributed by atoms with van der Waals surface area (Å²) in [7, 11) is 2.01. The zero-order chi connectivity index (χ0) is 12.3.